The van der Waals surface area contributed by atoms with Gasteiger partial charge in [-0.3, -0.25) is 0 Å². The fraction of sp³-hybridized carbons (Fsp3) is 0.500. The van der Waals surface area contributed by atoms with Crippen LogP contribution in [0.3, 0.4) is 0 Å². The maximum absolute atomic E-state index is 7.75. The number of ether oxygens (including phenoxy) is 1. The molecular formula is C24H35N3O2Si. The summed E-state index contributed by atoms with van der Waals surface area (Å²) in [5.74, 6) is 0.640. The molecule has 0 atom stereocenters. The first-order valence-electron chi connectivity index (χ1n) is 10.6. The molecule has 0 fully saturated rings. The predicted octanol–water partition coefficient (Wildman–Crippen LogP) is 7.12. The van der Waals surface area contributed by atoms with Crippen LogP contribution in [0.2, 0.25) is 18.1 Å². The van der Waals surface area contributed by atoms with Crippen molar-refractivity contribution >= 4 is 26.2 Å². The van der Waals surface area contributed by atoms with Crippen LogP contribution in [0.15, 0.2) is 35.5 Å². The largest absolute Gasteiger partial charge is 0.483 e. The molecular weight excluding hydrogens is 390 g/mol. The lowest BCUT2D eigenvalue weighted by atomic mass is 10.1. The van der Waals surface area contributed by atoms with E-state index in [0.29, 0.717) is 24.7 Å². The Kier molecular flexibility index (Phi) is 8.05. The van der Waals surface area contributed by atoms with Gasteiger partial charge in [0.25, 0.3) is 0 Å². The molecule has 1 aromatic heterocycles. The molecule has 0 bridgehead atoms. The van der Waals surface area contributed by atoms with Crippen molar-refractivity contribution in [3.63, 3.8) is 0 Å². The number of aliphatic imine (C=N–C) groups is 1. The fourth-order valence-electron chi connectivity index (χ4n) is 2.84. The Labute approximate surface area is 182 Å². The third-order valence-corrected chi connectivity index (χ3v) is 10.3. The molecule has 30 heavy (non-hydrogen) atoms. The summed E-state index contributed by atoms with van der Waals surface area (Å²) in [5.41, 5.74) is 3.68. The van der Waals surface area contributed by atoms with E-state index in [1.165, 1.54) is 12.0 Å². The SMILES string of the molecule is [C-]#[N+]c1c(-c2ccc(C)cc2)cn(CCCO[Si](C)(C)C(C)(C)C)c1N=COCC. The lowest BCUT2D eigenvalue weighted by molar-refractivity contribution is 0.275. The highest BCUT2D eigenvalue weighted by Gasteiger charge is 2.36. The average Bonchev–Trinajstić information content (AvgIpc) is 3.02. The van der Waals surface area contributed by atoms with Crippen molar-refractivity contribution in [3.05, 3.63) is 47.4 Å². The summed E-state index contributed by atoms with van der Waals surface area (Å²) in [6, 6.07) is 8.24. The van der Waals surface area contributed by atoms with Gasteiger partial charge in [0.05, 0.1) is 13.2 Å². The van der Waals surface area contributed by atoms with E-state index in [2.05, 4.69) is 74.9 Å². The standard InChI is InChI=1S/C24H35N3O2Si/c1-9-28-18-26-23-22(25-6)21(20-13-11-19(2)12-14-20)17-27(23)15-10-16-29-30(7,8)24(3,4)5/h11-14,17-18H,9-10,15-16H2,1-5,7-8H3. The first-order valence-corrected chi connectivity index (χ1v) is 13.5. The number of hydrogen-bond acceptors (Lipinski definition) is 3. The first kappa shape index (κ1) is 23.9. The van der Waals surface area contributed by atoms with E-state index in [1.807, 2.05) is 17.7 Å². The van der Waals surface area contributed by atoms with Crippen LogP contribution in [0.4, 0.5) is 11.5 Å². The molecule has 0 spiro atoms. The van der Waals surface area contributed by atoms with Crippen molar-refractivity contribution in [2.45, 2.75) is 65.7 Å². The monoisotopic (exact) mass is 425 g/mol. The Morgan fingerprint density at radius 2 is 1.87 bits per heavy atom. The molecule has 162 valence electrons. The van der Waals surface area contributed by atoms with E-state index in [0.717, 1.165) is 24.1 Å². The van der Waals surface area contributed by atoms with Crippen LogP contribution in [-0.4, -0.2) is 32.5 Å². The van der Waals surface area contributed by atoms with Gasteiger partial charge in [0.2, 0.25) is 5.69 Å². The van der Waals surface area contributed by atoms with Gasteiger partial charge in [-0.1, -0.05) is 50.6 Å². The molecule has 0 aliphatic carbocycles. The second kappa shape index (κ2) is 10.1. The summed E-state index contributed by atoms with van der Waals surface area (Å²) in [6.45, 7) is 25.0. The predicted molar refractivity (Wildman–Crippen MR) is 128 cm³/mol. The minimum atomic E-state index is -1.76. The van der Waals surface area contributed by atoms with Crippen molar-refractivity contribution in [3.8, 4) is 11.1 Å². The first-order chi connectivity index (χ1) is 14.1. The molecule has 0 radical (unpaired) electrons. The molecule has 0 N–H and O–H groups in total. The third kappa shape index (κ3) is 5.84. The number of nitrogens with zero attached hydrogens (tertiary/aromatic N) is 3. The van der Waals surface area contributed by atoms with Crippen LogP contribution in [0, 0.1) is 13.5 Å². The summed E-state index contributed by atoms with van der Waals surface area (Å²) in [5, 5.41) is 0.198. The van der Waals surface area contributed by atoms with Gasteiger partial charge >= 0.3 is 0 Å². The topological polar surface area (TPSA) is 40.1 Å². The van der Waals surface area contributed by atoms with Gasteiger partial charge in [0.15, 0.2) is 14.7 Å². The molecule has 1 aromatic carbocycles. The Morgan fingerprint density at radius 1 is 1.20 bits per heavy atom. The lowest BCUT2D eigenvalue weighted by Crippen LogP contribution is -2.41. The molecule has 2 rings (SSSR count). The number of rotatable bonds is 9. The van der Waals surface area contributed by atoms with Crippen LogP contribution in [0.1, 0.15) is 39.7 Å². The van der Waals surface area contributed by atoms with Gasteiger partial charge in [-0.05, 0) is 44.0 Å². The third-order valence-electron chi connectivity index (χ3n) is 5.73. The molecule has 0 saturated heterocycles. The van der Waals surface area contributed by atoms with Crippen LogP contribution in [0.5, 0.6) is 0 Å². The van der Waals surface area contributed by atoms with E-state index in [-0.39, 0.29) is 5.04 Å². The molecule has 5 nitrogen and oxygen atoms in total. The van der Waals surface area contributed by atoms with Crippen LogP contribution in [0.25, 0.3) is 16.0 Å². The van der Waals surface area contributed by atoms with Crippen LogP contribution >= 0.6 is 0 Å². The smallest absolute Gasteiger partial charge is 0.237 e. The molecule has 0 aliphatic rings. The second-order valence-electron chi connectivity index (χ2n) is 9.04. The molecule has 1 heterocycles. The van der Waals surface area contributed by atoms with Crippen molar-refractivity contribution in [1.82, 2.24) is 4.57 Å². The second-order valence-corrected chi connectivity index (χ2v) is 13.8. The van der Waals surface area contributed by atoms with Gasteiger partial charge < -0.3 is 13.7 Å². The van der Waals surface area contributed by atoms with E-state index < -0.39 is 8.32 Å². The highest BCUT2D eigenvalue weighted by atomic mass is 28.4. The van der Waals surface area contributed by atoms with E-state index in [9.17, 15) is 0 Å². The van der Waals surface area contributed by atoms with Gasteiger partial charge in [-0.2, -0.15) is 0 Å². The highest BCUT2D eigenvalue weighted by molar-refractivity contribution is 6.74. The van der Waals surface area contributed by atoms with Crippen LogP contribution < -0.4 is 0 Å². The summed E-state index contributed by atoms with van der Waals surface area (Å²) >= 11 is 0. The van der Waals surface area contributed by atoms with Crippen molar-refractivity contribution in [2.75, 3.05) is 13.2 Å². The zero-order valence-corrected chi connectivity index (χ0v) is 20.5. The quantitative estimate of drug-likeness (QED) is 0.141. The summed E-state index contributed by atoms with van der Waals surface area (Å²) in [4.78, 5) is 8.27. The van der Waals surface area contributed by atoms with E-state index in [4.69, 9.17) is 15.7 Å². The van der Waals surface area contributed by atoms with Crippen molar-refractivity contribution in [1.29, 1.82) is 0 Å². The Morgan fingerprint density at radius 3 is 2.43 bits per heavy atom. The maximum Gasteiger partial charge on any atom is 0.237 e. The van der Waals surface area contributed by atoms with Gasteiger partial charge in [0.1, 0.15) is 5.82 Å². The minimum Gasteiger partial charge on any atom is -0.483 e. The summed E-state index contributed by atoms with van der Waals surface area (Å²) < 4.78 is 13.7. The van der Waals surface area contributed by atoms with Crippen LogP contribution in [-0.2, 0) is 15.7 Å². The zero-order chi connectivity index (χ0) is 22.4. The Balaban J connectivity index is 2.26. The minimum absolute atomic E-state index is 0.198. The lowest BCUT2D eigenvalue weighted by Gasteiger charge is -2.36. The summed E-state index contributed by atoms with van der Waals surface area (Å²) in [7, 11) is -1.76. The zero-order valence-electron chi connectivity index (χ0n) is 19.5. The van der Waals surface area contributed by atoms with Gasteiger partial charge in [-0.25, -0.2) is 9.84 Å². The van der Waals surface area contributed by atoms with E-state index in [1.54, 1.807) is 0 Å². The Hall–Kier alpha value is -2.36. The molecule has 2 aromatic rings. The Bertz CT molecular complexity index is 900. The normalized spacial score (nSPS) is 12.3. The maximum atomic E-state index is 7.75. The molecule has 0 unspecified atom stereocenters. The molecule has 0 saturated carbocycles. The average molecular weight is 426 g/mol. The molecule has 6 heteroatoms. The number of hydrogen-bond donors (Lipinski definition) is 0. The number of benzene rings is 1. The van der Waals surface area contributed by atoms with Gasteiger partial charge in [-0.15, -0.1) is 0 Å². The summed E-state index contributed by atoms with van der Waals surface area (Å²) in [6.07, 6.45) is 4.33. The molecule has 0 aliphatic heterocycles. The fourth-order valence-corrected chi connectivity index (χ4v) is 3.92. The number of aryl methyl sites for hydroxylation is 2. The molecule has 0 amide bonds. The van der Waals surface area contributed by atoms with Crippen molar-refractivity contribution in [2.24, 2.45) is 4.99 Å². The van der Waals surface area contributed by atoms with Gasteiger partial charge in [0, 0.05) is 24.9 Å². The van der Waals surface area contributed by atoms with E-state index >= 15 is 0 Å². The highest BCUT2D eigenvalue weighted by Crippen LogP contribution is 2.41. The van der Waals surface area contributed by atoms with Crippen molar-refractivity contribution < 1.29 is 9.16 Å². The number of aromatic nitrogens is 1.